The van der Waals surface area contributed by atoms with E-state index in [1.54, 1.807) is 12.3 Å². The van der Waals surface area contributed by atoms with E-state index in [-0.39, 0.29) is 0 Å². The fourth-order valence-corrected chi connectivity index (χ4v) is 2.91. The van der Waals surface area contributed by atoms with Crippen molar-refractivity contribution in [3.05, 3.63) is 36.3 Å². The molecule has 4 N–H and O–H groups in total. The Balaban J connectivity index is 1.61. The highest BCUT2D eigenvalue weighted by molar-refractivity contribution is 5.93. The summed E-state index contributed by atoms with van der Waals surface area (Å²) in [5, 5.41) is 14.7. The molecule has 0 amide bonds. The van der Waals surface area contributed by atoms with Gasteiger partial charge in [-0.05, 0) is 43.7 Å². The lowest BCUT2D eigenvalue weighted by Gasteiger charge is -2.14. The van der Waals surface area contributed by atoms with Crippen LogP contribution in [-0.4, -0.2) is 58.4 Å². The number of likely N-dealkylation sites (N-methyl/N-ethyl adjacent to an activating group) is 1. The Hall–Kier alpha value is -2.67. The Bertz CT molecular complexity index is 744. The van der Waals surface area contributed by atoms with Gasteiger partial charge in [-0.3, -0.25) is 5.41 Å². The number of anilines is 1. The second kappa shape index (κ2) is 9.15. The molecule has 3 rings (SSSR count). The molecule has 1 saturated heterocycles. The Morgan fingerprint density at radius 2 is 2.15 bits per heavy atom. The van der Waals surface area contributed by atoms with Gasteiger partial charge in [-0.15, -0.1) is 0 Å². The van der Waals surface area contributed by atoms with Crippen molar-refractivity contribution in [1.82, 2.24) is 25.2 Å². The smallest absolute Gasteiger partial charge is 0.130 e. The molecule has 0 aliphatic carbocycles. The number of aromatic nitrogens is 3. The van der Waals surface area contributed by atoms with Crippen molar-refractivity contribution in [3.8, 4) is 11.4 Å². The third kappa shape index (κ3) is 4.92. The average molecular weight is 353 g/mol. The molecule has 1 fully saturated rings. The van der Waals surface area contributed by atoms with Crippen LogP contribution in [0.4, 0.5) is 5.82 Å². The van der Waals surface area contributed by atoms with Crippen LogP contribution in [0.3, 0.4) is 0 Å². The summed E-state index contributed by atoms with van der Waals surface area (Å²) in [5.41, 5.74) is 1.72. The van der Waals surface area contributed by atoms with Crippen LogP contribution in [0.2, 0.25) is 0 Å². The lowest BCUT2D eigenvalue weighted by Crippen LogP contribution is -2.24. The fraction of sp³-hybridized carbons (Fsp3) is 0.421. The predicted octanol–water partition coefficient (Wildman–Crippen LogP) is 2.58. The number of hydrogen-bond acceptors (Lipinski definition) is 5. The lowest BCUT2D eigenvalue weighted by atomic mass is 10.3. The van der Waals surface area contributed by atoms with Gasteiger partial charge in [-0.2, -0.15) is 0 Å². The standard InChI is InChI=1S/C19H27N7/c1-2-21-10-11-22-18-7-5-6-15(24-18)16-14-23-19(25-16)9-8-17(20)26-12-3-4-13-26/h5-9,14,20-21H,2-4,10-13H2,1H3,(H,22,24)(H,23,25)/b9-8-,20-17?. The molecule has 2 aromatic heterocycles. The summed E-state index contributed by atoms with van der Waals surface area (Å²) < 4.78 is 0. The maximum Gasteiger partial charge on any atom is 0.130 e. The maximum atomic E-state index is 8.10. The highest BCUT2D eigenvalue weighted by atomic mass is 15.2. The third-order valence-corrected chi connectivity index (χ3v) is 4.32. The molecular weight excluding hydrogens is 326 g/mol. The van der Waals surface area contributed by atoms with Gasteiger partial charge in [0.2, 0.25) is 0 Å². The van der Waals surface area contributed by atoms with Gasteiger partial charge in [0.15, 0.2) is 0 Å². The van der Waals surface area contributed by atoms with Crippen molar-refractivity contribution < 1.29 is 0 Å². The van der Waals surface area contributed by atoms with Gasteiger partial charge in [0.05, 0.1) is 17.6 Å². The molecule has 0 aromatic carbocycles. The van der Waals surface area contributed by atoms with Crippen LogP contribution in [0.1, 0.15) is 25.6 Å². The minimum atomic E-state index is 0.547. The molecule has 0 saturated carbocycles. The normalized spacial score (nSPS) is 14.3. The first-order valence-corrected chi connectivity index (χ1v) is 9.25. The van der Waals surface area contributed by atoms with Gasteiger partial charge in [-0.25, -0.2) is 9.97 Å². The van der Waals surface area contributed by atoms with E-state index in [0.29, 0.717) is 5.84 Å². The second-order valence-electron chi connectivity index (χ2n) is 6.28. The van der Waals surface area contributed by atoms with Gasteiger partial charge < -0.3 is 20.5 Å². The van der Waals surface area contributed by atoms with Gasteiger partial charge in [-0.1, -0.05) is 13.0 Å². The quantitative estimate of drug-likeness (QED) is 0.333. The first kappa shape index (κ1) is 18.1. The number of nitrogens with one attached hydrogen (secondary N) is 4. The topological polar surface area (TPSA) is 92.7 Å². The monoisotopic (exact) mass is 353 g/mol. The summed E-state index contributed by atoms with van der Waals surface area (Å²) in [6, 6.07) is 5.91. The van der Waals surface area contributed by atoms with Gasteiger partial charge in [0.1, 0.15) is 17.5 Å². The van der Waals surface area contributed by atoms with Crippen LogP contribution >= 0.6 is 0 Å². The van der Waals surface area contributed by atoms with Crippen LogP contribution in [0.25, 0.3) is 17.5 Å². The lowest BCUT2D eigenvalue weighted by molar-refractivity contribution is 0.519. The van der Waals surface area contributed by atoms with E-state index in [1.807, 2.05) is 24.3 Å². The molecule has 0 unspecified atom stereocenters. The fourth-order valence-electron chi connectivity index (χ4n) is 2.91. The minimum absolute atomic E-state index is 0.547. The summed E-state index contributed by atoms with van der Waals surface area (Å²) in [6.45, 7) is 6.75. The molecule has 7 heteroatoms. The van der Waals surface area contributed by atoms with E-state index in [4.69, 9.17) is 5.41 Å². The highest BCUT2D eigenvalue weighted by Gasteiger charge is 2.12. The minimum Gasteiger partial charge on any atom is -0.369 e. The van der Waals surface area contributed by atoms with Crippen molar-refractivity contribution >= 4 is 17.7 Å². The summed E-state index contributed by atoms with van der Waals surface area (Å²) in [7, 11) is 0. The van der Waals surface area contributed by atoms with E-state index in [0.717, 1.165) is 55.8 Å². The predicted molar refractivity (Wildman–Crippen MR) is 106 cm³/mol. The van der Waals surface area contributed by atoms with Crippen LogP contribution in [0, 0.1) is 5.41 Å². The summed E-state index contributed by atoms with van der Waals surface area (Å²) in [6.07, 6.45) is 7.78. The number of H-pyrrole nitrogens is 1. The Morgan fingerprint density at radius 3 is 2.96 bits per heavy atom. The van der Waals surface area contributed by atoms with Crippen molar-refractivity contribution in [1.29, 1.82) is 5.41 Å². The van der Waals surface area contributed by atoms with Crippen molar-refractivity contribution in [2.24, 2.45) is 0 Å². The average Bonchev–Trinajstić information content (AvgIpc) is 3.35. The van der Waals surface area contributed by atoms with Gasteiger partial charge in [0.25, 0.3) is 0 Å². The molecule has 0 radical (unpaired) electrons. The number of pyridine rings is 1. The van der Waals surface area contributed by atoms with E-state index < -0.39 is 0 Å². The molecule has 1 aliphatic rings. The Morgan fingerprint density at radius 1 is 1.31 bits per heavy atom. The molecule has 0 spiro atoms. The van der Waals surface area contributed by atoms with Crippen LogP contribution in [0.5, 0.6) is 0 Å². The first-order chi connectivity index (χ1) is 12.8. The first-order valence-electron chi connectivity index (χ1n) is 9.25. The van der Waals surface area contributed by atoms with E-state index >= 15 is 0 Å². The molecule has 2 aromatic rings. The van der Waals surface area contributed by atoms with Crippen LogP contribution in [-0.2, 0) is 0 Å². The van der Waals surface area contributed by atoms with E-state index in [1.165, 1.54) is 12.8 Å². The summed E-state index contributed by atoms with van der Waals surface area (Å²) in [4.78, 5) is 14.4. The molecule has 3 heterocycles. The highest BCUT2D eigenvalue weighted by Crippen LogP contribution is 2.17. The largest absolute Gasteiger partial charge is 0.369 e. The zero-order valence-corrected chi connectivity index (χ0v) is 15.3. The number of amidine groups is 1. The molecule has 26 heavy (non-hydrogen) atoms. The molecular formula is C19H27N7. The SMILES string of the molecule is CCNCCNc1cccc(-c2cnc(/C=C\C(=N)N3CCCC3)[nH]2)n1. The number of hydrogen-bond donors (Lipinski definition) is 4. The number of aromatic amines is 1. The maximum absolute atomic E-state index is 8.10. The van der Waals surface area contributed by atoms with Crippen LogP contribution in [0.15, 0.2) is 30.5 Å². The van der Waals surface area contributed by atoms with Gasteiger partial charge >= 0.3 is 0 Å². The zero-order valence-electron chi connectivity index (χ0n) is 15.3. The Labute approximate surface area is 154 Å². The third-order valence-electron chi connectivity index (χ3n) is 4.32. The van der Waals surface area contributed by atoms with Crippen molar-refractivity contribution in [2.75, 3.05) is 38.0 Å². The molecule has 138 valence electrons. The molecule has 7 nitrogen and oxygen atoms in total. The zero-order chi connectivity index (χ0) is 18.2. The van der Waals surface area contributed by atoms with Crippen LogP contribution < -0.4 is 10.6 Å². The van der Waals surface area contributed by atoms with E-state index in [9.17, 15) is 0 Å². The second-order valence-corrected chi connectivity index (χ2v) is 6.28. The molecule has 1 aliphatic heterocycles. The number of rotatable bonds is 8. The summed E-state index contributed by atoms with van der Waals surface area (Å²) >= 11 is 0. The Kier molecular flexibility index (Phi) is 6.38. The number of nitrogens with zero attached hydrogens (tertiary/aromatic N) is 3. The summed E-state index contributed by atoms with van der Waals surface area (Å²) in [5.74, 6) is 2.13. The number of imidazole rings is 1. The van der Waals surface area contributed by atoms with E-state index in [2.05, 4.69) is 37.4 Å². The molecule has 0 bridgehead atoms. The van der Waals surface area contributed by atoms with Crippen molar-refractivity contribution in [2.45, 2.75) is 19.8 Å². The van der Waals surface area contributed by atoms with Crippen molar-refractivity contribution in [3.63, 3.8) is 0 Å². The van der Waals surface area contributed by atoms with Gasteiger partial charge in [0, 0.05) is 26.2 Å². The number of likely N-dealkylation sites (tertiary alicyclic amines) is 1. The molecule has 0 atom stereocenters.